The van der Waals surface area contributed by atoms with E-state index < -0.39 is 11.4 Å². The summed E-state index contributed by atoms with van der Waals surface area (Å²) in [6.07, 6.45) is 3.11. The molecule has 0 unspecified atom stereocenters. The molecule has 1 aromatic heterocycles. The average Bonchev–Trinajstić information content (AvgIpc) is 3.14. The lowest BCUT2D eigenvalue weighted by Gasteiger charge is -2.10. The van der Waals surface area contributed by atoms with Crippen LogP contribution < -0.4 is 19.8 Å². The topological polar surface area (TPSA) is 80.0 Å². The van der Waals surface area contributed by atoms with Crippen molar-refractivity contribution in [3.8, 4) is 17.2 Å². The monoisotopic (exact) mass is 385 g/mol. The maximum atomic E-state index is 14.0. The molecule has 7 nitrogen and oxygen atoms in total. The molecule has 3 aromatic rings. The van der Waals surface area contributed by atoms with Crippen LogP contribution >= 0.6 is 0 Å². The van der Waals surface area contributed by atoms with Crippen LogP contribution in [0, 0.1) is 5.82 Å². The number of hydrogen-bond acceptors (Lipinski definition) is 7. The van der Waals surface area contributed by atoms with E-state index >= 15 is 0 Å². The summed E-state index contributed by atoms with van der Waals surface area (Å²) in [5.41, 5.74) is -0.0505. The van der Waals surface area contributed by atoms with Crippen LogP contribution in [0.15, 0.2) is 39.5 Å². The van der Waals surface area contributed by atoms with Gasteiger partial charge in [-0.3, -0.25) is 0 Å². The number of para-hydroxylation sites is 1. The number of halogens is 1. The van der Waals surface area contributed by atoms with E-state index in [9.17, 15) is 9.18 Å². The van der Waals surface area contributed by atoms with Crippen LogP contribution in [0.1, 0.15) is 11.5 Å². The molecule has 1 aliphatic heterocycles. The molecule has 0 saturated heterocycles. The van der Waals surface area contributed by atoms with Crippen molar-refractivity contribution in [2.45, 2.75) is 0 Å². The fourth-order valence-corrected chi connectivity index (χ4v) is 2.74. The fraction of sp³-hybridized carbons (Fsp3) is 0.200. The van der Waals surface area contributed by atoms with Crippen molar-refractivity contribution in [1.29, 1.82) is 0 Å². The van der Waals surface area contributed by atoms with Gasteiger partial charge in [-0.2, -0.15) is 0 Å². The van der Waals surface area contributed by atoms with Crippen LogP contribution in [0.25, 0.3) is 23.1 Å². The van der Waals surface area contributed by atoms with Crippen LogP contribution in [0.3, 0.4) is 0 Å². The van der Waals surface area contributed by atoms with Crippen LogP contribution in [0.4, 0.5) is 4.39 Å². The van der Waals surface area contributed by atoms with Crippen molar-refractivity contribution in [1.82, 2.24) is 4.98 Å². The zero-order valence-electron chi connectivity index (χ0n) is 14.9. The molecule has 2 aromatic carbocycles. The second kappa shape index (κ2) is 7.69. The van der Waals surface area contributed by atoms with Crippen LogP contribution in [-0.4, -0.2) is 32.1 Å². The van der Waals surface area contributed by atoms with Gasteiger partial charge in [0.25, 0.3) is 0 Å². The maximum absolute atomic E-state index is 14.0. The van der Waals surface area contributed by atoms with Crippen molar-refractivity contribution in [3.63, 3.8) is 0 Å². The van der Waals surface area contributed by atoms with Gasteiger partial charge in [0, 0.05) is 24.8 Å². The molecule has 0 spiro atoms. The number of fused-ring (bicyclic) bond motifs is 2. The highest BCUT2D eigenvalue weighted by Gasteiger charge is 2.17. The molecule has 0 saturated carbocycles. The van der Waals surface area contributed by atoms with E-state index in [1.54, 1.807) is 25.3 Å². The van der Waals surface area contributed by atoms with E-state index in [1.807, 2.05) is 0 Å². The minimum absolute atomic E-state index is 0.0249. The molecule has 0 radical (unpaired) electrons. The Morgan fingerprint density at radius 3 is 2.82 bits per heavy atom. The normalized spacial score (nSPS) is 12.8. The summed E-state index contributed by atoms with van der Waals surface area (Å²) in [6.45, 7) is 0.879. The van der Waals surface area contributed by atoms with Crippen LogP contribution in [0.2, 0.25) is 0 Å². The summed E-state index contributed by atoms with van der Waals surface area (Å²) in [5.74, 6) is 1.06. The molecule has 8 heteroatoms. The first-order valence-electron chi connectivity index (χ1n) is 8.48. The second-order valence-electron chi connectivity index (χ2n) is 5.89. The first-order valence-corrected chi connectivity index (χ1v) is 8.48. The Kier molecular flexibility index (Phi) is 4.94. The van der Waals surface area contributed by atoms with E-state index in [-0.39, 0.29) is 23.6 Å². The Labute approximate surface area is 158 Å². The van der Waals surface area contributed by atoms with E-state index in [0.717, 1.165) is 0 Å². The molecule has 144 valence electrons. The third-order valence-electron chi connectivity index (χ3n) is 4.08. The van der Waals surface area contributed by atoms with E-state index in [4.69, 9.17) is 23.4 Å². The lowest BCUT2D eigenvalue weighted by Crippen LogP contribution is -2.05. The van der Waals surface area contributed by atoms with Crippen molar-refractivity contribution >= 4 is 23.1 Å². The van der Waals surface area contributed by atoms with Gasteiger partial charge >= 0.3 is 5.63 Å². The zero-order chi connectivity index (χ0) is 19.5. The number of methoxy groups -OCH3 is 1. The lowest BCUT2D eigenvalue weighted by molar-refractivity contribution is 0.146. The number of rotatable bonds is 6. The van der Waals surface area contributed by atoms with Gasteiger partial charge in [0.15, 0.2) is 11.5 Å². The molecule has 2 heterocycles. The van der Waals surface area contributed by atoms with Crippen molar-refractivity contribution in [2.75, 3.05) is 27.1 Å². The summed E-state index contributed by atoms with van der Waals surface area (Å²) in [4.78, 5) is 16.2. The summed E-state index contributed by atoms with van der Waals surface area (Å²) in [5, 5.41) is 0.0869. The molecule has 0 bridgehead atoms. The Balaban J connectivity index is 1.70. The van der Waals surface area contributed by atoms with Gasteiger partial charge in [0.1, 0.15) is 23.7 Å². The van der Waals surface area contributed by atoms with Gasteiger partial charge in [-0.15, -0.1) is 0 Å². The fourth-order valence-electron chi connectivity index (χ4n) is 2.74. The zero-order valence-corrected chi connectivity index (χ0v) is 14.9. The molecule has 0 fully saturated rings. The third-order valence-corrected chi connectivity index (χ3v) is 4.08. The van der Waals surface area contributed by atoms with Gasteiger partial charge in [0.05, 0.1) is 12.0 Å². The highest BCUT2D eigenvalue weighted by Crippen LogP contribution is 2.38. The van der Waals surface area contributed by atoms with E-state index in [0.29, 0.717) is 36.0 Å². The number of aromatic nitrogens is 1. The van der Waals surface area contributed by atoms with Gasteiger partial charge in [-0.25, -0.2) is 14.2 Å². The predicted octanol–water partition coefficient (Wildman–Crippen LogP) is 3.25. The SMILES string of the molecule is COCCOc1cc2c(cc1C=Cc1nc3c(F)cccc3c(=O)o1)OCO2. The van der Waals surface area contributed by atoms with Crippen molar-refractivity contribution < 1.29 is 27.8 Å². The number of hydrogen-bond donors (Lipinski definition) is 0. The minimum Gasteiger partial charge on any atom is -0.490 e. The van der Waals surface area contributed by atoms with Crippen LogP contribution in [0.5, 0.6) is 17.2 Å². The molecular weight excluding hydrogens is 369 g/mol. The van der Waals surface area contributed by atoms with Crippen LogP contribution in [-0.2, 0) is 4.74 Å². The molecule has 0 aliphatic carbocycles. The van der Waals surface area contributed by atoms with E-state index in [1.165, 1.54) is 24.3 Å². The Morgan fingerprint density at radius 2 is 2.00 bits per heavy atom. The number of nitrogens with zero attached hydrogens (tertiary/aromatic N) is 1. The molecule has 4 rings (SSSR count). The first kappa shape index (κ1) is 18.0. The molecule has 0 amide bonds. The smallest absolute Gasteiger partial charge is 0.347 e. The molecule has 0 N–H and O–H groups in total. The average molecular weight is 385 g/mol. The second-order valence-corrected chi connectivity index (χ2v) is 5.89. The van der Waals surface area contributed by atoms with Crippen molar-refractivity contribution in [2.24, 2.45) is 0 Å². The lowest BCUT2D eigenvalue weighted by atomic mass is 10.1. The van der Waals surface area contributed by atoms with Crippen molar-refractivity contribution in [3.05, 3.63) is 58.0 Å². The molecule has 0 atom stereocenters. The van der Waals surface area contributed by atoms with Gasteiger partial charge in [-0.1, -0.05) is 6.07 Å². The van der Waals surface area contributed by atoms with Gasteiger partial charge in [0.2, 0.25) is 12.7 Å². The highest BCUT2D eigenvalue weighted by molar-refractivity contribution is 5.79. The molecule has 1 aliphatic rings. The summed E-state index contributed by atoms with van der Waals surface area (Å²) < 4.78 is 40.6. The quantitative estimate of drug-likeness (QED) is 0.603. The third kappa shape index (κ3) is 3.54. The molecule has 28 heavy (non-hydrogen) atoms. The van der Waals surface area contributed by atoms with E-state index in [2.05, 4.69) is 4.98 Å². The summed E-state index contributed by atoms with van der Waals surface area (Å²) >= 11 is 0. The Morgan fingerprint density at radius 1 is 1.18 bits per heavy atom. The maximum Gasteiger partial charge on any atom is 0.347 e. The minimum atomic E-state index is -0.661. The number of ether oxygens (including phenoxy) is 4. The summed E-state index contributed by atoms with van der Waals surface area (Å²) in [7, 11) is 1.58. The Bertz CT molecular complexity index is 1110. The summed E-state index contributed by atoms with van der Waals surface area (Å²) in [6, 6.07) is 7.58. The standard InChI is InChI=1S/C20H16FNO6/c1-24-7-8-25-15-10-17-16(26-11-27-17)9-12(15)5-6-18-22-19-13(20(23)28-18)3-2-4-14(19)21/h2-6,9-10H,7-8,11H2,1H3. The van der Waals surface area contributed by atoms with Gasteiger partial charge in [-0.05, 0) is 24.3 Å². The number of benzene rings is 2. The van der Waals surface area contributed by atoms with Gasteiger partial charge < -0.3 is 23.4 Å². The predicted molar refractivity (Wildman–Crippen MR) is 99.1 cm³/mol. The Hall–Kier alpha value is -3.39. The largest absolute Gasteiger partial charge is 0.490 e. The first-order chi connectivity index (χ1) is 13.7. The molecular formula is C20H16FNO6. The highest BCUT2D eigenvalue weighted by atomic mass is 19.1.